The summed E-state index contributed by atoms with van der Waals surface area (Å²) in [5.41, 5.74) is 25.5. The molecule has 0 aliphatic rings. The number of hydrogen-bond acceptors (Lipinski definition) is 16. The molecule has 0 fully saturated rings. The Labute approximate surface area is 368 Å². The van der Waals surface area contributed by atoms with Gasteiger partial charge >= 0.3 is 0 Å². The zero-order chi connectivity index (χ0) is 41.4. The molecule has 9 aromatic rings. The average molecular weight is 994 g/mol. The number of aromatic nitrogens is 9. The molecule has 0 amide bonds. The van der Waals surface area contributed by atoms with Crippen molar-refractivity contribution in [1.29, 1.82) is 0 Å². The molecule has 16 nitrogen and oxygen atoms in total. The molecule has 9 heterocycles. The normalized spacial score (nSPS) is 10.5. The van der Waals surface area contributed by atoms with E-state index in [0.717, 1.165) is 52.8 Å². The molecule has 0 saturated heterocycles. The van der Waals surface area contributed by atoms with Gasteiger partial charge in [0.15, 0.2) is 0 Å². The molecule has 22 heteroatoms. The van der Waals surface area contributed by atoms with Crippen LogP contribution in [0.15, 0.2) is 91.8 Å². The number of fused-ring (bicyclic) bond motifs is 3. The highest BCUT2D eigenvalue weighted by atomic mass is 127. The summed E-state index contributed by atoms with van der Waals surface area (Å²) in [6.45, 7) is 1.68. The van der Waals surface area contributed by atoms with Gasteiger partial charge < -0.3 is 38.5 Å². The minimum atomic E-state index is 0.166. The van der Waals surface area contributed by atoms with E-state index >= 15 is 0 Å². The molecule has 0 bridgehead atoms. The smallest absolute Gasteiger partial charge is 0.126 e. The first kappa shape index (κ1) is 44.5. The highest BCUT2D eigenvalue weighted by Gasteiger charge is 2.12. The number of nitrogens with zero attached hydrogens (tertiary/aromatic N) is 8. The summed E-state index contributed by atoms with van der Waals surface area (Å²) in [6.07, 6.45) is 12.1. The van der Waals surface area contributed by atoms with E-state index in [0.29, 0.717) is 47.0 Å². The van der Waals surface area contributed by atoms with Crippen LogP contribution in [0.25, 0.3) is 40.7 Å². The van der Waals surface area contributed by atoms with Gasteiger partial charge in [-0.2, -0.15) is 15.3 Å². The van der Waals surface area contributed by atoms with Gasteiger partial charge in [-0.3, -0.25) is 5.10 Å². The van der Waals surface area contributed by atoms with E-state index in [1.54, 1.807) is 80.3 Å². The van der Waals surface area contributed by atoms with Gasteiger partial charge in [-0.15, -0.1) is 34.0 Å². The number of halogens is 3. The third-order valence-corrected chi connectivity index (χ3v) is 12.3. The number of nitrogen functional groups attached to an aromatic ring is 3. The van der Waals surface area contributed by atoms with Crippen molar-refractivity contribution >= 4 is 134 Å². The Morgan fingerprint density at radius 1 is 0.690 bits per heavy atom. The third-order valence-electron chi connectivity index (χ3n) is 7.23. The predicted octanol–water partition coefficient (Wildman–Crippen LogP) is 7.45. The summed E-state index contributed by atoms with van der Waals surface area (Å²) in [6, 6.07) is 16.6. The van der Waals surface area contributed by atoms with Crippen LogP contribution in [0.2, 0.25) is 10.0 Å². The number of thiophene rings is 3. The number of aliphatic hydroxyl groups excluding tert-OH is 2. The number of pyridine rings is 3. The van der Waals surface area contributed by atoms with E-state index in [4.69, 9.17) is 56.3 Å². The van der Waals surface area contributed by atoms with Crippen LogP contribution in [0, 0.1) is 2.88 Å². The molecule has 0 unspecified atom stereocenters. The maximum absolute atomic E-state index is 8.86. The van der Waals surface area contributed by atoms with Crippen molar-refractivity contribution < 1.29 is 10.2 Å². The van der Waals surface area contributed by atoms with Crippen molar-refractivity contribution in [2.45, 2.75) is 12.8 Å². The molecule has 12 N–H and O–H groups in total. The lowest BCUT2D eigenvalue weighted by molar-refractivity contribution is 0.291. The van der Waals surface area contributed by atoms with Gasteiger partial charge in [-0.05, 0) is 66.2 Å². The fourth-order valence-electron chi connectivity index (χ4n) is 4.76. The van der Waals surface area contributed by atoms with Crippen LogP contribution >= 0.6 is 79.8 Å². The Bertz CT molecular complexity index is 2560. The molecule has 58 heavy (non-hydrogen) atoms. The van der Waals surface area contributed by atoms with Gasteiger partial charge in [0.1, 0.15) is 27.5 Å². The average Bonchev–Trinajstić information content (AvgIpc) is 4.04. The first-order valence-electron chi connectivity index (χ1n) is 17.3. The molecule has 0 aliphatic carbocycles. The molecule has 9 aromatic heterocycles. The van der Waals surface area contributed by atoms with Crippen LogP contribution in [-0.2, 0) is 0 Å². The lowest BCUT2D eigenvalue weighted by Gasteiger charge is -2.07. The van der Waals surface area contributed by atoms with Crippen LogP contribution in [-0.4, -0.2) is 81.2 Å². The van der Waals surface area contributed by atoms with E-state index in [2.05, 4.69) is 63.3 Å². The molecule has 0 aliphatic heterocycles. The van der Waals surface area contributed by atoms with Crippen molar-refractivity contribution in [1.82, 2.24) is 44.7 Å². The number of rotatable bonds is 8. The SMILES string of the molecule is NCCCO.Nc1cc(Cl)c2sc(-n3cccn3)cc2n1.Nc1cc(Cl)c2sc(I)cc2n1.Nc1cc(NCCCO)c2sc(-n3cccn3)cc2n1.c1cn[nH]c1. The van der Waals surface area contributed by atoms with Gasteiger partial charge in [0.05, 0.1) is 49.3 Å². The van der Waals surface area contributed by atoms with Crippen molar-refractivity contribution in [2.75, 3.05) is 48.8 Å². The van der Waals surface area contributed by atoms with Gasteiger partial charge in [-0.25, -0.2) is 24.3 Å². The molecular formula is C36H39Cl2IN14O2S3. The van der Waals surface area contributed by atoms with E-state index in [9.17, 15) is 0 Å². The zero-order valence-electron chi connectivity index (χ0n) is 30.5. The Morgan fingerprint density at radius 3 is 1.69 bits per heavy atom. The van der Waals surface area contributed by atoms with Crippen molar-refractivity contribution in [2.24, 2.45) is 5.73 Å². The monoisotopic (exact) mass is 992 g/mol. The predicted molar refractivity (Wildman–Crippen MR) is 249 cm³/mol. The highest BCUT2D eigenvalue weighted by Crippen LogP contribution is 2.35. The largest absolute Gasteiger partial charge is 0.396 e. The van der Waals surface area contributed by atoms with E-state index in [1.165, 1.54) is 2.88 Å². The molecule has 304 valence electrons. The van der Waals surface area contributed by atoms with Gasteiger partial charge in [-0.1, -0.05) is 23.2 Å². The number of nitrogens with one attached hydrogen (secondary N) is 2. The van der Waals surface area contributed by atoms with E-state index in [1.807, 2.05) is 54.9 Å². The molecule has 0 aromatic carbocycles. The van der Waals surface area contributed by atoms with Gasteiger partial charge in [0, 0.05) is 87.3 Å². The zero-order valence-corrected chi connectivity index (χ0v) is 36.7. The minimum absolute atomic E-state index is 0.166. The number of nitrogens with two attached hydrogens (primary N) is 4. The minimum Gasteiger partial charge on any atom is -0.396 e. The van der Waals surface area contributed by atoms with Crippen LogP contribution in [0.1, 0.15) is 12.8 Å². The molecule has 0 radical (unpaired) electrons. The lowest BCUT2D eigenvalue weighted by Crippen LogP contribution is -2.04. The topological polar surface area (TPSA) is 260 Å². The molecule has 9 rings (SSSR count). The van der Waals surface area contributed by atoms with Crippen LogP contribution in [0.3, 0.4) is 0 Å². The standard InChI is InChI=1S/C13H15N5OS.C10H7ClN4S.C7H4ClIN2S.C3H4N2.C3H9NO/c14-11-7-9(15-3-2-6-19)13-10(17-11)8-12(20-13)18-5-1-4-16-18;11-6-4-8(12)14-7-5-9(16-10(6)7)15-3-1-2-13-15;8-3-1-6(10)11-4-2-5(9)12-7(3)4;1-2-4-5-3-1;4-2-1-3-5/h1,4-5,7-8,19H,2-3,6H2,(H3,14,15,17);1-5H,(H2,12,14);1-2H,(H2,10,11);1-3H,(H,4,5);5H,1-4H2. The summed E-state index contributed by atoms with van der Waals surface area (Å²) < 4.78 is 7.74. The maximum atomic E-state index is 8.86. The van der Waals surface area contributed by atoms with Crippen LogP contribution in [0.4, 0.5) is 23.1 Å². The highest BCUT2D eigenvalue weighted by molar-refractivity contribution is 14.1. The van der Waals surface area contributed by atoms with Crippen LogP contribution < -0.4 is 28.3 Å². The second kappa shape index (κ2) is 22.5. The summed E-state index contributed by atoms with van der Waals surface area (Å²) >= 11 is 19.1. The first-order chi connectivity index (χ1) is 28.1. The molecular weight excluding hydrogens is 955 g/mol. The van der Waals surface area contributed by atoms with E-state index < -0.39 is 0 Å². The molecule has 0 atom stereocenters. The Balaban J connectivity index is 0.000000151. The number of anilines is 4. The second-order valence-electron chi connectivity index (χ2n) is 11.6. The Kier molecular flexibility index (Phi) is 17.2. The van der Waals surface area contributed by atoms with Gasteiger partial charge in [0.25, 0.3) is 0 Å². The number of H-pyrrole nitrogens is 1. The number of aromatic amines is 1. The van der Waals surface area contributed by atoms with Gasteiger partial charge in [0.2, 0.25) is 0 Å². The van der Waals surface area contributed by atoms with Crippen molar-refractivity contribution in [3.63, 3.8) is 0 Å². The summed E-state index contributed by atoms with van der Waals surface area (Å²) in [5.74, 6) is 1.39. The number of aliphatic hydroxyl groups is 2. The van der Waals surface area contributed by atoms with E-state index in [-0.39, 0.29) is 13.2 Å². The fourth-order valence-corrected chi connectivity index (χ4v) is 9.07. The first-order valence-corrected chi connectivity index (χ1v) is 21.5. The summed E-state index contributed by atoms with van der Waals surface area (Å²) in [7, 11) is 0. The Hall–Kier alpha value is -4.65. The lowest BCUT2D eigenvalue weighted by atomic mass is 10.3. The third kappa shape index (κ3) is 12.7. The number of hydrogen-bond donors (Lipinski definition) is 8. The van der Waals surface area contributed by atoms with Crippen molar-refractivity contribution in [3.05, 3.63) is 105 Å². The Morgan fingerprint density at radius 2 is 1.22 bits per heavy atom. The maximum Gasteiger partial charge on any atom is 0.126 e. The summed E-state index contributed by atoms with van der Waals surface area (Å²) in [4.78, 5) is 12.7. The second-order valence-corrected chi connectivity index (χ2v) is 17.4. The molecule has 0 saturated carbocycles. The quantitative estimate of drug-likeness (QED) is 0.0544. The fraction of sp³-hybridized carbons (Fsp3) is 0.167. The van der Waals surface area contributed by atoms with Crippen LogP contribution in [0.5, 0.6) is 0 Å². The summed E-state index contributed by atoms with van der Waals surface area (Å²) in [5, 5.41) is 38.0. The van der Waals surface area contributed by atoms with Crippen molar-refractivity contribution in [3.8, 4) is 10.0 Å². The molecule has 0 spiro atoms.